The number of aromatic nitrogens is 1. The molecule has 1 aromatic heterocycles. The van der Waals surface area contributed by atoms with Gasteiger partial charge in [-0.15, -0.1) is 0 Å². The summed E-state index contributed by atoms with van der Waals surface area (Å²) in [6.45, 7) is 0.593. The van der Waals surface area contributed by atoms with Crippen molar-refractivity contribution in [1.29, 1.82) is 0 Å². The molecule has 0 amide bonds. The maximum absolute atomic E-state index is 12.7. The summed E-state index contributed by atoms with van der Waals surface area (Å²) in [6, 6.07) is 11.2. The Morgan fingerprint density at radius 1 is 1.12 bits per heavy atom. The third kappa shape index (κ3) is 3.19. The van der Waals surface area contributed by atoms with Crippen LogP contribution in [0.5, 0.6) is 0 Å². The van der Waals surface area contributed by atoms with Gasteiger partial charge in [0.05, 0.1) is 15.5 Å². The van der Waals surface area contributed by atoms with Crippen molar-refractivity contribution < 1.29 is 13.3 Å². The van der Waals surface area contributed by atoms with E-state index in [4.69, 9.17) is 0 Å². The van der Waals surface area contributed by atoms with Crippen LogP contribution in [0.4, 0.5) is 5.69 Å². The number of sulfonamides is 1. The van der Waals surface area contributed by atoms with Crippen LogP contribution in [0.25, 0.3) is 5.57 Å². The van der Waals surface area contributed by atoms with Crippen LogP contribution in [-0.2, 0) is 10.0 Å². The molecule has 8 heteroatoms. The molecule has 0 saturated heterocycles. The Morgan fingerprint density at radius 3 is 2.50 bits per heavy atom. The molecule has 2 heterocycles. The van der Waals surface area contributed by atoms with Crippen molar-refractivity contribution in [2.24, 2.45) is 0 Å². The summed E-state index contributed by atoms with van der Waals surface area (Å²) in [7, 11) is -3.57. The zero-order valence-electron chi connectivity index (χ0n) is 12.7. The van der Waals surface area contributed by atoms with E-state index >= 15 is 0 Å². The molecule has 24 heavy (non-hydrogen) atoms. The highest BCUT2D eigenvalue weighted by molar-refractivity contribution is 7.89. The van der Waals surface area contributed by atoms with E-state index in [1.165, 1.54) is 16.6 Å². The molecule has 0 aliphatic carbocycles. The lowest BCUT2D eigenvalue weighted by molar-refractivity contribution is -0.385. The lowest BCUT2D eigenvalue weighted by atomic mass is 10.1. The zero-order chi connectivity index (χ0) is 17.2. The molecule has 0 atom stereocenters. The third-order valence-corrected chi connectivity index (χ3v) is 5.64. The standard InChI is InChI=1S/C16H15N3O4S/c20-19(21)14-8-9-16(17-11-14)13-5-4-10-18(12-13)24(22,23)15-6-2-1-3-7-15/h1-3,5-9,11H,4,10,12H2. The summed E-state index contributed by atoms with van der Waals surface area (Å²) in [4.78, 5) is 14.5. The Balaban J connectivity index is 1.84. The molecule has 0 bridgehead atoms. The molecule has 2 aromatic rings. The van der Waals surface area contributed by atoms with Crippen LogP contribution in [0.15, 0.2) is 59.6 Å². The predicted molar refractivity (Wildman–Crippen MR) is 88.7 cm³/mol. The Kier molecular flexibility index (Phi) is 4.41. The topological polar surface area (TPSA) is 93.4 Å². The minimum absolute atomic E-state index is 0.0936. The molecule has 0 unspecified atom stereocenters. The van der Waals surface area contributed by atoms with Gasteiger partial charge in [-0.3, -0.25) is 10.1 Å². The second-order valence-corrected chi connectivity index (χ2v) is 7.27. The fourth-order valence-corrected chi connectivity index (χ4v) is 3.99. The average molecular weight is 345 g/mol. The van der Waals surface area contributed by atoms with Gasteiger partial charge in [0, 0.05) is 19.2 Å². The Hall–Kier alpha value is -2.58. The van der Waals surface area contributed by atoms with E-state index in [0.29, 0.717) is 18.7 Å². The van der Waals surface area contributed by atoms with Crippen LogP contribution >= 0.6 is 0 Å². The van der Waals surface area contributed by atoms with Gasteiger partial charge >= 0.3 is 0 Å². The van der Waals surface area contributed by atoms with Gasteiger partial charge in [0.15, 0.2) is 0 Å². The average Bonchev–Trinajstić information content (AvgIpc) is 2.62. The molecule has 1 aromatic carbocycles. The molecule has 0 fully saturated rings. The van der Waals surface area contributed by atoms with Crippen molar-refractivity contribution in [1.82, 2.24) is 9.29 Å². The minimum Gasteiger partial charge on any atom is -0.258 e. The highest BCUT2D eigenvalue weighted by Gasteiger charge is 2.27. The van der Waals surface area contributed by atoms with Gasteiger partial charge in [-0.05, 0) is 30.2 Å². The van der Waals surface area contributed by atoms with E-state index in [9.17, 15) is 18.5 Å². The summed E-state index contributed by atoms with van der Waals surface area (Å²) in [6.07, 6.45) is 3.67. The number of hydrogen-bond donors (Lipinski definition) is 0. The number of rotatable bonds is 4. The first-order chi connectivity index (χ1) is 11.5. The molecule has 0 radical (unpaired) electrons. The molecule has 1 aliphatic rings. The third-order valence-electron chi connectivity index (χ3n) is 3.78. The summed E-state index contributed by atoms with van der Waals surface area (Å²) in [5.41, 5.74) is 1.20. The largest absolute Gasteiger partial charge is 0.287 e. The summed E-state index contributed by atoms with van der Waals surface area (Å²) in [5.74, 6) is 0. The van der Waals surface area contributed by atoms with Crippen molar-refractivity contribution in [3.8, 4) is 0 Å². The molecule has 7 nitrogen and oxygen atoms in total. The first-order valence-electron chi connectivity index (χ1n) is 7.33. The van der Waals surface area contributed by atoms with Crippen molar-refractivity contribution in [2.45, 2.75) is 11.3 Å². The van der Waals surface area contributed by atoms with Crippen molar-refractivity contribution in [2.75, 3.05) is 13.1 Å². The van der Waals surface area contributed by atoms with E-state index in [1.54, 1.807) is 36.4 Å². The smallest absolute Gasteiger partial charge is 0.258 e. The Bertz CT molecular complexity index is 877. The number of pyridine rings is 1. The SMILES string of the molecule is O=[N+]([O-])c1ccc(C2=CCCN(S(=O)(=O)c3ccccc3)C2)nc1. The second kappa shape index (κ2) is 6.50. The fraction of sp³-hybridized carbons (Fsp3) is 0.188. The molecule has 1 aliphatic heterocycles. The number of benzene rings is 1. The highest BCUT2D eigenvalue weighted by Crippen LogP contribution is 2.25. The molecule has 0 saturated carbocycles. The molecular formula is C16H15N3O4S. The first kappa shape index (κ1) is 16.3. The first-order valence-corrected chi connectivity index (χ1v) is 8.77. The molecular weight excluding hydrogens is 330 g/mol. The van der Waals surface area contributed by atoms with Crippen LogP contribution in [0.2, 0.25) is 0 Å². The van der Waals surface area contributed by atoms with Gasteiger partial charge in [-0.2, -0.15) is 4.31 Å². The lowest BCUT2D eigenvalue weighted by Crippen LogP contribution is -2.35. The van der Waals surface area contributed by atoms with Crippen LogP contribution in [0.1, 0.15) is 12.1 Å². The number of hydrogen-bond acceptors (Lipinski definition) is 5. The second-order valence-electron chi connectivity index (χ2n) is 5.33. The van der Waals surface area contributed by atoms with E-state index < -0.39 is 14.9 Å². The van der Waals surface area contributed by atoms with Crippen LogP contribution in [-0.4, -0.2) is 35.7 Å². The van der Waals surface area contributed by atoms with Crippen molar-refractivity contribution >= 4 is 21.3 Å². The summed E-state index contributed by atoms with van der Waals surface area (Å²) < 4.78 is 26.8. The van der Waals surface area contributed by atoms with Crippen molar-refractivity contribution in [3.63, 3.8) is 0 Å². The summed E-state index contributed by atoms with van der Waals surface area (Å²) >= 11 is 0. The maximum atomic E-state index is 12.7. The van der Waals surface area contributed by atoms with Gasteiger partial charge in [-0.25, -0.2) is 13.4 Å². The van der Waals surface area contributed by atoms with E-state index in [1.807, 2.05) is 6.08 Å². The zero-order valence-corrected chi connectivity index (χ0v) is 13.5. The molecule has 0 spiro atoms. The van der Waals surface area contributed by atoms with Gasteiger partial charge in [-0.1, -0.05) is 24.3 Å². The molecule has 124 valence electrons. The summed E-state index contributed by atoms with van der Waals surface area (Å²) in [5, 5.41) is 10.7. The van der Waals surface area contributed by atoms with E-state index in [-0.39, 0.29) is 17.1 Å². The van der Waals surface area contributed by atoms with Crippen molar-refractivity contribution in [3.05, 3.63) is 70.5 Å². The van der Waals surface area contributed by atoms with E-state index in [2.05, 4.69) is 4.98 Å². The maximum Gasteiger partial charge on any atom is 0.287 e. The molecule has 3 rings (SSSR count). The number of nitro groups is 1. The Labute approximate surface area is 139 Å². The van der Waals surface area contributed by atoms with Gasteiger partial charge in [0.25, 0.3) is 5.69 Å². The predicted octanol–water partition coefficient (Wildman–Crippen LogP) is 2.47. The highest BCUT2D eigenvalue weighted by atomic mass is 32.2. The minimum atomic E-state index is -3.57. The normalized spacial score (nSPS) is 15.8. The van der Waals surface area contributed by atoms with E-state index in [0.717, 1.165) is 5.57 Å². The van der Waals surface area contributed by atoms with Gasteiger partial charge in [0.2, 0.25) is 10.0 Å². The van der Waals surface area contributed by atoms with Crippen LogP contribution < -0.4 is 0 Å². The van der Waals surface area contributed by atoms with Crippen LogP contribution in [0, 0.1) is 10.1 Å². The van der Waals surface area contributed by atoms with Gasteiger partial charge in [0.1, 0.15) is 6.20 Å². The number of nitrogens with zero attached hydrogens (tertiary/aromatic N) is 3. The van der Waals surface area contributed by atoms with Gasteiger partial charge < -0.3 is 0 Å². The molecule has 0 N–H and O–H groups in total. The van der Waals surface area contributed by atoms with Crippen LogP contribution in [0.3, 0.4) is 0 Å². The quantitative estimate of drug-likeness (QED) is 0.627. The monoisotopic (exact) mass is 345 g/mol. The fourth-order valence-electron chi connectivity index (χ4n) is 2.53. The lowest BCUT2D eigenvalue weighted by Gasteiger charge is -2.26. The Morgan fingerprint density at radius 2 is 1.88 bits per heavy atom.